The second-order valence-electron chi connectivity index (χ2n) is 2.42. The molecule has 56 valence electrons. The molecule has 0 bridgehead atoms. The first kappa shape index (κ1) is 7.28. The van der Waals surface area contributed by atoms with Crippen LogP contribution in [0.25, 0.3) is 0 Å². The quantitative estimate of drug-likeness (QED) is 0.531. The molecule has 0 aromatic carbocycles. The lowest BCUT2D eigenvalue weighted by Gasteiger charge is -2.00. The van der Waals surface area contributed by atoms with E-state index in [1.54, 1.807) is 0 Å². The van der Waals surface area contributed by atoms with E-state index in [0.717, 1.165) is 12.0 Å². The molecule has 1 atom stereocenters. The van der Waals surface area contributed by atoms with E-state index < -0.39 is 0 Å². The maximum atomic E-state index is 10.8. The van der Waals surface area contributed by atoms with Crippen molar-refractivity contribution in [3.63, 3.8) is 0 Å². The van der Waals surface area contributed by atoms with Crippen molar-refractivity contribution in [3.8, 4) is 0 Å². The molecule has 0 aromatic rings. The molecule has 3 heteroatoms. The van der Waals surface area contributed by atoms with Crippen molar-refractivity contribution < 1.29 is 9.53 Å². The number of nitrogens with two attached hydrogens (primary N) is 1. The summed E-state index contributed by atoms with van der Waals surface area (Å²) < 4.78 is 4.52. The third-order valence-corrected chi connectivity index (χ3v) is 1.60. The number of carbonyl (C=O) groups excluding carboxylic acids is 1. The minimum Gasteiger partial charge on any atom is -0.466 e. The summed E-state index contributed by atoms with van der Waals surface area (Å²) in [4.78, 5) is 10.8. The lowest BCUT2D eigenvalue weighted by molar-refractivity contribution is -0.136. The molecule has 0 unspecified atom stereocenters. The second kappa shape index (κ2) is 2.84. The Balaban J connectivity index is 2.51. The van der Waals surface area contributed by atoms with Crippen LogP contribution in [0.3, 0.4) is 0 Å². The predicted molar refractivity (Wildman–Crippen MR) is 37.3 cm³/mol. The van der Waals surface area contributed by atoms with Gasteiger partial charge in [-0.05, 0) is 12.8 Å². The van der Waals surface area contributed by atoms with Gasteiger partial charge in [0.15, 0.2) is 0 Å². The molecule has 0 fully saturated rings. The van der Waals surface area contributed by atoms with Crippen molar-refractivity contribution in [2.75, 3.05) is 7.11 Å². The molecule has 0 saturated heterocycles. The van der Waals surface area contributed by atoms with Gasteiger partial charge >= 0.3 is 5.97 Å². The molecule has 0 spiro atoms. The third-order valence-electron chi connectivity index (χ3n) is 1.60. The number of esters is 1. The topological polar surface area (TPSA) is 52.3 Å². The fourth-order valence-corrected chi connectivity index (χ4v) is 1.04. The number of methoxy groups -OCH3 is 1. The summed E-state index contributed by atoms with van der Waals surface area (Å²) in [6, 6.07) is 0.120. The fraction of sp³-hybridized carbons (Fsp3) is 0.571. The highest BCUT2D eigenvalue weighted by molar-refractivity contribution is 5.88. The van der Waals surface area contributed by atoms with E-state index in [0.29, 0.717) is 6.42 Å². The maximum absolute atomic E-state index is 10.8. The van der Waals surface area contributed by atoms with Gasteiger partial charge in [-0.25, -0.2) is 4.79 Å². The minimum absolute atomic E-state index is 0.120. The van der Waals surface area contributed by atoms with Gasteiger partial charge in [-0.1, -0.05) is 6.08 Å². The fourth-order valence-electron chi connectivity index (χ4n) is 1.04. The van der Waals surface area contributed by atoms with Crippen LogP contribution >= 0.6 is 0 Å². The summed E-state index contributed by atoms with van der Waals surface area (Å²) in [5, 5.41) is 0. The van der Waals surface area contributed by atoms with Gasteiger partial charge in [0.25, 0.3) is 0 Å². The molecule has 2 N–H and O–H groups in total. The molecular formula is C7H11NO2. The lowest BCUT2D eigenvalue weighted by atomic mass is 10.2. The number of hydrogen-bond donors (Lipinski definition) is 1. The molecule has 0 saturated carbocycles. The zero-order valence-corrected chi connectivity index (χ0v) is 5.96. The third kappa shape index (κ3) is 1.36. The van der Waals surface area contributed by atoms with Crippen LogP contribution in [-0.4, -0.2) is 19.1 Å². The summed E-state index contributed by atoms with van der Waals surface area (Å²) in [6.07, 6.45) is 3.30. The summed E-state index contributed by atoms with van der Waals surface area (Å²) in [6.45, 7) is 0. The monoisotopic (exact) mass is 141 g/mol. The summed E-state index contributed by atoms with van der Waals surface area (Å²) in [7, 11) is 1.38. The van der Waals surface area contributed by atoms with E-state index in [1.165, 1.54) is 7.11 Å². The standard InChI is InChI=1S/C7H11NO2/c1-10-7(9)5-2-3-6(8)4-5/h2,6H,3-4,8H2,1H3/t6-/m0/s1. The van der Waals surface area contributed by atoms with Gasteiger partial charge in [0.05, 0.1) is 7.11 Å². The Morgan fingerprint density at radius 1 is 1.90 bits per heavy atom. The van der Waals surface area contributed by atoms with Crippen LogP contribution in [0.1, 0.15) is 12.8 Å². The van der Waals surface area contributed by atoms with Crippen molar-refractivity contribution in [1.29, 1.82) is 0 Å². The first-order valence-electron chi connectivity index (χ1n) is 3.27. The van der Waals surface area contributed by atoms with Gasteiger partial charge in [-0.3, -0.25) is 0 Å². The van der Waals surface area contributed by atoms with E-state index >= 15 is 0 Å². The molecule has 0 radical (unpaired) electrons. The Labute approximate surface area is 59.8 Å². The van der Waals surface area contributed by atoms with Gasteiger partial charge in [-0.15, -0.1) is 0 Å². The number of carbonyl (C=O) groups is 1. The van der Waals surface area contributed by atoms with E-state index in [2.05, 4.69) is 4.74 Å². The normalized spacial score (nSPS) is 24.2. The predicted octanol–water partition coefficient (Wildman–Crippen LogP) is 0.207. The zero-order chi connectivity index (χ0) is 7.56. The molecule has 0 aliphatic heterocycles. The van der Waals surface area contributed by atoms with Crippen molar-refractivity contribution in [1.82, 2.24) is 0 Å². The molecule has 1 aliphatic rings. The smallest absolute Gasteiger partial charge is 0.333 e. The Bertz CT molecular complexity index is 174. The molecule has 0 heterocycles. The summed E-state index contributed by atoms with van der Waals surface area (Å²) >= 11 is 0. The van der Waals surface area contributed by atoms with Crippen molar-refractivity contribution in [3.05, 3.63) is 11.6 Å². The van der Waals surface area contributed by atoms with Crippen LogP contribution in [-0.2, 0) is 9.53 Å². The van der Waals surface area contributed by atoms with E-state index in [-0.39, 0.29) is 12.0 Å². The van der Waals surface area contributed by atoms with Crippen LogP contribution < -0.4 is 5.73 Å². The first-order valence-corrected chi connectivity index (χ1v) is 3.27. The maximum Gasteiger partial charge on any atom is 0.333 e. The van der Waals surface area contributed by atoms with Crippen LogP contribution in [0.5, 0.6) is 0 Å². The van der Waals surface area contributed by atoms with E-state index in [4.69, 9.17) is 5.73 Å². The Kier molecular flexibility index (Phi) is 2.06. The van der Waals surface area contributed by atoms with Gasteiger partial charge in [-0.2, -0.15) is 0 Å². The largest absolute Gasteiger partial charge is 0.466 e. The number of ether oxygens (including phenoxy) is 1. The van der Waals surface area contributed by atoms with Gasteiger partial charge in [0.1, 0.15) is 0 Å². The van der Waals surface area contributed by atoms with E-state index in [1.807, 2.05) is 6.08 Å². The highest BCUT2D eigenvalue weighted by Crippen LogP contribution is 2.17. The van der Waals surface area contributed by atoms with Crippen LogP contribution in [0.15, 0.2) is 11.6 Å². The molecule has 3 nitrogen and oxygen atoms in total. The Morgan fingerprint density at radius 2 is 2.60 bits per heavy atom. The van der Waals surface area contributed by atoms with Crippen molar-refractivity contribution >= 4 is 5.97 Å². The van der Waals surface area contributed by atoms with Crippen molar-refractivity contribution in [2.45, 2.75) is 18.9 Å². The number of hydrogen-bond acceptors (Lipinski definition) is 3. The molecule has 10 heavy (non-hydrogen) atoms. The highest BCUT2D eigenvalue weighted by atomic mass is 16.5. The molecule has 0 amide bonds. The average Bonchev–Trinajstić information content (AvgIpc) is 2.34. The zero-order valence-electron chi connectivity index (χ0n) is 5.96. The number of rotatable bonds is 1. The minimum atomic E-state index is -0.243. The Morgan fingerprint density at radius 3 is 3.00 bits per heavy atom. The van der Waals surface area contributed by atoms with Crippen LogP contribution in [0.4, 0.5) is 0 Å². The molecule has 0 aromatic heterocycles. The van der Waals surface area contributed by atoms with Gasteiger partial charge < -0.3 is 10.5 Å². The van der Waals surface area contributed by atoms with Gasteiger partial charge in [0, 0.05) is 11.6 Å². The van der Waals surface area contributed by atoms with E-state index in [9.17, 15) is 4.79 Å². The van der Waals surface area contributed by atoms with Gasteiger partial charge in [0.2, 0.25) is 0 Å². The summed E-state index contributed by atoms with van der Waals surface area (Å²) in [5.74, 6) is -0.243. The Hall–Kier alpha value is -0.830. The molecule has 1 rings (SSSR count). The average molecular weight is 141 g/mol. The summed E-state index contributed by atoms with van der Waals surface area (Å²) in [5.41, 5.74) is 6.28. The highest BCUT2D eigenvalue weighted by Gasteiger charge is 2.18. The van der Waals surface area contributed by atoms with Crippen LogP contribution in [0, 0.1) is 0 Å². The SMILES string of the molecule is COC(=O)C1=CC[C@H](N)C1. The molecular weight excluding hydrogens is 130 g/mol. The lowest BCUT2D eigenvalue weighted by Crippen LogP contribution is -2.16. The first-order chi connectivity index (χ1) is 4.74. The van der Waals surface area contributed by atoms with Crippen LogP contribution in [0.2, 0.25) is 0 Å². The second-order valence-corrected chi connectivity index (χ2v) is 2.42. The molecule has 1 aliphatic carbocycles. The van der Waals surface area contributed by atoms with Crippen molar-refractivity contribution in [2.24, 2.45) is 5.73 Å².